The van der Waals surface area contributed by atoms with E-state index < -0.39 is 53.2 Å². The molecule has 0 unspecified atom stereocenters. The van der Waals surface area contributed by atoms with Crippen molar-refractivity contribution in [3.63, 3.8) is 0 Å². The number of carboxylic acids is 1. The minimum atomic E-state index is -2.15. The van der Waals surface area contributed by atoms with Crippen molar-refractivity contribution in [2.45, 2.75) is 68.5 Å². The van der Waals surface area contributed by atoms with Gasteiger partial charge in [-0.25, -0.2) is 9.59 Å². The lowest BCUT2D eigenvalue weighted by atomic mass is 9.50. The van der Waals surface area contributed by atoms with E-state index in [0.717, 1.165) is 19.4 Å². The lowest BCUT2D eigenvalue weighted by Crippen LogP contribution is -2.74. The van der Waals surface area contributed by atoms with Gasteiger partial charge >= 0.3 is 23.9 Å². The second-order valence-corrected chi connectivity index (χ2v) is 9.92. The Morgan fingerprint density at radius 2 is 1.81 bits per heavy atom. The predicted molar refractivity (Wildman–Crippen MR) is 121 cm³/mol. The minimum absolute atomic E-state index is 0.0226. The first-order valence-electron chi connectivity index (χ1n) is 11.8. The number of nitrogens with zero attached hydrogens (tertiary/aromatic N) is 1. The summed E-state index contributed by atoms with van der Waals surface area (Å²) in [6, 6.07) is 3.05. The summed E-state index contributed by atoms with van der Waals surface area (Å²) in [5.41, 5.74) is -0.771. The summed E-state index contributed by atoms with van der Waals surface area (Å²) >= 11 is 0. The largest absolute Gasteiger partial charge is 0.504 e. The van der Waals surface area contributed by atoms with Gasteiger partial charge in [0.25, 0.3) is 0 Å². The molecule has 2 aliphatic carbocycles. The Labute approximate surface area is 211 Å². The lowest BCUT2D eigenvalue weighted by molar-refractivity contribution is -0.190. The van der Waals surface area contributed by atoms with Crippen molar-refractivity contribution < 1.29 is 53.4 Å². The number of hydrogen-bond donors (Lipinski definition) is 3. The molecule has 1 aromatic carbocycles. The molecule has 12 nitrogen and oxygen atoms in total. The summed E-state index contributed by atoms with van der Waals surface area (Å²) in [7, 11) is 1.93. The molecule has 1 spiro atoms. The number of likely N-dealkylation sites (N-methyl/N-ethyl adjacent to an activating group) is 1. The quantitative estimate of drug-likeness (QED) is 0.346. The standard InChI is InChI=1S/C25H27NO11/c1-11(27)34-19(22(30)31)20(35-12(2)28)23(32)36-15-6-7-25(33)16-10-13-4-5-14(29)18-17(13)24(25,21(15)37-18)8-9-26(16)3/h4-6,16,19-21,29,33H,7-10H2,1-3H3,(H,30,31)/t16-,19+,20+,21+,24+,25-/m1/s1. The Kier molecular flexibility index (Phi) is 5.72. The molecule has 1 aromatic rings. The molecule has 2 aliphatic heterocycles. The predicted octanol–water partition coefficient (Wildman–Crippen LogP) is 0.161. The number of hydrogen-bond acceptors (Lipinski definition) is 11. The van der Waals surface area contributed by atoms with Crippen molar-refractivity contribution in [2.24, 2.45) is 0 Å². The molecule has 0 radical (unpaired) electrons. The van der Waals surface area contributed by atoms with Crippen LogP contribution in [0.2, 0.25) is 0 Å². The Bertz CT molecular complexity index is 1240. The van der Waals surface area contributed by atoms with Gasteiger partial charge in [0.2, 0.25) is 12.2 Å². The summed E-state index contributed by atoms with van der Waals surface area (Å²) in [6.45, 7) is 2.52. The van der Waals surface area contributed by atoms with Crippen LogP contribution in [0.25, 0.3) is 0 Å². The van der Waals surface area contributed by atoms with Crippen molar-refractivity contribution >= 4 is 23.9 Å². The number of benzene rings is 1. The van der Waals surface area contributed by atoms with E-state index in [1.54, 1.807) is 6.07 Å². The second kappa shape index (κ2) is 8.45. The van der Waals surface area contributed by atoms with Crippen molar-refractivity contribution in [3.05, 3.63) is 35.1 Å². The van der Waals surface area contributed by atoms with E-state index in [0.29, 0.717) is 24.9 Å². The zero-order valence-corrected chi connectivity index (χ0v) is 20.4. The van der Waals surface area contributed by atoms with Crippen LogP contribution in [0, 0.1) is 0 Å². The van der Waals surface area contributed by atoms with E-state index in [-0.39, 0.29) is 29.7 Å². The molecule has 0 amide bonds. The molecule has 1 saturated heterocycles. The average molecular weight is 517 g/mol. The first-order chi connectivity index (χ1) is 17.4. The highest BCUT2D eigenvalue weighted by atomic mass is 16.6. The number of aliphatic carboxylic acids is 1. The second-order valence-electron chi connectivity index (χ2n) is 9.92. The van der Waals surface area contributed by atoms with E-state index >= 15 is 0 Å². The first-order valence-corrected chi connectivity index (χ1v) is 11.8. The van der Waals surface area contributed by atoms with Gasteiger partial charge in [-0.05, 0) is 44.1 Å². The van der Waals surface area contributed by atoms with Crippen molar-refractivity contribution in [1.82, 2.24) is 4.90 Å². The van der Waals surface area contributed by atoms with Crippen LogP contribution in [0.15, 0.2) is 24.0 Å². The zero-order valence-electron chi connectivity index (χ0n) is 20.4. The highest BCUT2D eigenvalue weighted by molar-refractivity contribution is 5.88. The van der Waals surface area contributed by atoms with Crippen molar-refractivity contribution in [1.29, 1.82) is 0 Å². The fourth-order valence-electron chi connectivity index (χ4n) is 6.44. The maximum Gasteiger partial charge on any atom is 0.357 e. The normalized spacial score (nSPS) is 30.6. The van der Waals surface area contributed by atoms with Gasteiger partial charge in [-0.15, -0.1) is 0 Å². The van der Waals surface area contributed by atoms with E-state index in [2.05, 4.69) is 4.90 Å². The number of ether oxygens (including phenoxy) is 4. The summed E-state index contributed by atoms with van der Waals surface area (Å²) in [5, 5.41) is 32.2. The van der Waals surface area contributed by atoms with Gasteiger partial charge in [0.1, 0.15) is 5.76 Å². The smallest absolute Gasteiger partial charge is 0.357 e. The molecule has 4 aliphatic rings. The van der Waals surface area contributed by atoms with Crippen LogP contribution in [0.3, 0.4) is 0 Å². The van der Waals surface area contributed by atoms with Gasteiger partial charge in [-0.3, -0.25) is 9.59 Å². The molecule has 0 saturated carbocycles. The summed E-state index contributed by atoms with van der Waals surface area (Å²) < 4.78 is 21.4. The highest BCUT2D eigenvalue weighted by Crippen LogP contribution is 2.65. The molecule has 12 heteroatoms. The Balaban J connectivity index is 1.55. The van der Waals surface area contributed by atoms with Crippen LogP contribution in [0.4, 0.5) is 0 Å². The van der Waals surface area contributed by atoms with Crippen LogP contribution in [-0.2, 0) is 45.2 Å². The lowest BCUT2D eigenvalue weighted by Gasteiger charge is -2.61. The number of phenols is 1. The van der Waals surface area contributed by atoms with Gasteiger partial charge in [0.05, 0.1) is 11.0 Å². The number of likely N-dealkylation sites (tertiary alicyclic amines) is 1. The highest BCUT2D eigenvalue weighted by Gasteiger charge is 2.72. The average Bonchev–Trinajstić information content (AvgIpc) is 3.17. The molecule has 5 rings (SSSR count). The van der Waals surface area contributed by atoms with Crippen LogP contribution < -0.4 is 4.74 Å². The van der Waals surface area contributed by atoms with Gasteiger partial charge in [-0.2, -0.15) is 0 Å². The maximum atomic E-state index is 13.2. The molecular weight excluding hydrogens is 490 g/mol. The third kappa shape index (κ3) is 3.50. The number of carbonyl (C=O) groups is 4. The molecule has 3 N–H and O–H groups in total. The Morgan fingerprint density at radius 3 is 2.46 bits per heavy atom. The number of aromatic hydroxyl groups is 1. The van der Waals surface area contributed by atoms with E-state index in [1.165, 1.54) is 12.1 Å². The molecule has 1 fully saturated rings. The number of carboxylic acid groups (broad SMARTS) is 1. The number of rotatable bonds is 6. The van der Waals surface area contributed by atoms with E-state index in [9.17, 15) is 34.5 Å². The van der Waals surface area contributed by atoms with Gasteiger partial charge in [-0.1, -0.05) is 6.07 Å². The molecular formula is C25H27NO11. The fourth-order valence-corrected chi connectivity index (χ4v) is 6.44. The van der Waals surface area contributed by atoms with Crippen LogP contribution in [-0.4, -0.2) is 87.6 Å². The number of piperidine rings is 1. The Hall–Kier alpha value is -3.64. The molecule has 198 valence electrons. The molecule has 37 heavy (non-hydrogen) atoms. The zero-order chi connectivity index (χ0) is 26.9. The molecule has 2 heterocycles. The first kappa shape index (κ1) is 25.0. The van der Waals surface area contributed by atoms with E-state index in [1.807, 2.05) is 7.05 Å². The minimum Gasteiger partial charge on any atom is -0.504 e. The Morgan fingerprint density at radius 1 is 1.14 bits per heavy atom. The third-order valence-corrected chi connectivity index (χ3v) is 7.91. The monoisotopic (exact) mass is 517 g/mol. The summed E-state index contributed by atoms with van der Waals surface area (Å²) in [4.78, 5) is 50.1. The van der Waals surface area contributed by atoms with Crippen LogP contribution in [0.5, 0.6) is 11.5 Å². The van der Waals surface area contributed by atoms with Crippen molar-refractivity contribution in [2.75, 3.05) is 13.6 Å². The van der Waals surface area contributed by atoms with Crippen molar-refractivity contribution in [3.8, 4) is 11.5 Å². The number of aliphatic hydroxyl groups is 1. The summed E-state index contributed by atoms with van der Waals surface area (Å²) in [5.74, 6) is -4.94. The van der Waals surface area contributed by atoms with Gasteiger partial charge < -0.3 is 39.2 Å². The van der Waals surface area contributed by atoms with E-state index in [4.69, 9.17) is 18.9 Å². The van der Waals surface area contributed by atoms with Gasteiger partial charge in [0, 0.05) is 31.9 Å². The summed E-state index contributed by atoms with van der Waals surface area (Å²) in [6.07, 6.45) is -2.72. The SMILES string of the molecule is CC(=O)O[C@H](C(=O)O)[C@H](OC(C)=O)C(=O)OC1=CC[C@@]2(O)[C@H]3Cc4ccc(O)c5c4[C@@]2(CCN3C)[C@H]1O5. The topological polar surface area (TPSA) is 169 Å². The van der Waals surface area contributed by atoms with Crippen LogP contribution >= 0.6 is 0 Å². The number of esters is 3. The van der Waals surface area contributed by atoms with Gasteiger partial charge in [0.15, 0.2) is 17.6 Å². The molecule has 0 aromatic heterocycles. The van der Waals surface area contributed by atoms with Crippen LogP contribution in [0.1, 0.15) is 37.8 Å². The fraction of sp³-hybridized carbons (Fsp3) is 0.520. The third-order valence-electron chi connectivity index (χ3n) is 7.91. The molecule has 2 bridgehead atoms. The number of phenolic OH excluding ortho intramolecular Hbond substituents is 1. The molecule has 6 atom stereocenters. The maximum absolute atomic E-state index is 13.2. The number of carbonyl (C=O) groups excluding carboxylic acids is 3.